The lowest BCUT2D eigenvalue weighted by Crippen LogP contribution is -2.24. The number of aromatic hydroxyl groups is 1. The minimum Gasteiger partial charge on any atom is -0.507 e. The molecule has 0 spiro atoms. The second-order valence-corrected chi connectivity index (χ2v) is 6.26. The zero-order valence-electron chi connectivity index (χ0n) is 13.1. The number of hydrogen-bond donors (Lipinski definition) is 2. The van der Waals surface area contributed by atoms with Crippen molar-refractivity contribution in [2.75, 3.05) is 6.61 Å². The zero-order chi connectivity index (χ0) is 18.4. The van der Waals surface area contributed by atoms with Crippen LogP contribution in [0.15, 0.2) is 41.5 Å². The van der Waals surface area contributed by atoms with Crippen LogP contribution in [-0.2, 0) is 4.79 Å². The first-order chi connectivity index (χ1) is 11.9. The SMILES string of the molecule is Cc1ccc(OCC(=O)N/N=C/c2cc(I)ccc2O)c([N+](=O)[O-])c1. The molecule has 2 rings (SSSR count). The maximum absolute atomic E-state index is 11.7. The fraction of sp³-hybridized carbons (Fsp3) is 0.125. The number of benzene rings is 2. The molecule has 2 aromatic rings. The molecule has 0 aliphatic carbocycles. The number of carbonyl (C=O) groups is 1. The van der Waals surface area contributed by atoms with Crippen LogP contribution in [0.1, 0.15) is 11.1 Å². The molecule has 0 radical (unpaired) electrons. The minimum atomic E-state index is -0.587. The van der Waals surface area contributed by atoms with Gasteiger partial charge in [0, 0.05) is 15.2 Å². The number of phenols is 1. The molecule has 25 heavy (non-hydrogen) atoms. The molecule has 0 aliphatic rings. The molecule has 0 saturated heterocycles. The summed E-state index contributed by atoms with van der Waals surface area (Å²) >= 11 is 2.08. The van der Waals surface area contributed by atoms with Crippen molar-refractivity contribution < 1.29 is 19.6 Å². The number of aryl methyl sites for hydroxylation is 1. The first-order valence-electron chi connectivity index (χ1n) is 7.05. The van der Waals surface area contributed by atoms with Crippen LogP contribution in [0.4, 0.5) is 5.69 Å². The summed E-state index contributed by atoms with van der Waals surface area (Å²) in [6.07, 6.45) is 1.30. The number of ether oxygens (including phenoxy) is 1. The number of hydrazone groups is 1. The van der Waals surface area contributed by atoms with E-state index in [0.717, 1.165) is 3.57 Å². The van der Waals surface area contributed by atoms with E-state index < -0.39 is 17.4 Å². The van der Waals surface area contributed by atoms with E-state index in [-0.39, 0.29) is 17.2 Å². The number of nitro benzene ring substituents is 1. The highest BCUT2D eigenvalue weighted by Gasteiger charge is 2.16. The van der Waals surface area contributed by atoms with E-state index in [4.69, 9.17) is 4.74 Å². The maximum Gasteiger partial charge on any atom is 0.311 e. The molecule has 0 unspecified atom stereocenters. The summed E-state index contributed by atoms with van der Waals surface area (Å²) < 4.78 is 6.08. The number of nitrogens with zero attached hydrogens (tertiary/aromatic N) is 2. The van der Waals surface area contributed by atoms with Crippen LogP contribution in [0.2, 0.25) is 0 Å². The van der Waals surface area contributed by atoms with Crippen LogP contribution in [0.25, 0.3) is 0 Å². The number of nitrogens with one attached hydrogen (secondary N) is 1. The molecule has 8 nitrogen and oxygen atoms in total. The fourth-order valence-electron chi connectivity index (χ4n) is 1.87. The standard InChI is InChI=1S/C16H14IN3O5/c1-10-2-5-15(13(6-10)20(23)24)25-9-16(22)19-18-8-11-7-12(17)3-4-14(11)21/h2-8,21H,9H2,1H3,(H,19,22)/b18-8+. The van der Waals surface area contributed by atoms with Gasteiger partial charge >= 0.3 is 5.69 Å². The van der Waals surface area contributed by atoms with Crippen molar-refractivity contribution in [3.05, 3.63) is 61.2 Å². The second kappa shape index (κ2) is 8.42. The van der Waals surface area contributed by atoms with Gasteiger partial charge in [0.25, 0.3) is 5.91 Å². The van der Waals surface area contributed by atoms with Crippen molar-refractivity contribution in [1.82, 2.24) is 5.43 Å². The Morgan fingerprint density at radius 1 is 1.40 bits per heavy atom. The third kappa shape index (κ3) is 5.41. The fourth-order valence-corrected chi connectivity index (χ4v) is 2.39. The number of amides is 1. The molecule has 0 atom stereocenters. The van der Waals surface area contributed by atoms with Crippen LogP contribution in [-0.4, -0.2) is 28.8 Å². The van der Waals surface area contributed by atoms with Gasteiger partial charge in [-0.3, -0.25) is 14.9 Å². The van der Waals surface area contributed by atoms with E-state index in [9.17, 15) is 20.0 Å². The van der Waals surface area contributed by atoms with Gasteiger partial charge in [-0.15, -0.1) is 0 Å². The average Bonchev–Trinajstić information content (AvgIpc) is 2.56. The quantitative estimate of drug-likeness (QED) is 0.301. The largest absolute Gasteiger partial charge is 0.507 e. The van der Waals surface area contributed by atoms with E-state index in [2.05, 4.69) is 33.1 Å². The zero-order valence-corrected chi connectivity index (χ0v) is 15.3. The van der Waals surface area contributed by atoms with E-state index >= 15 is 0 Å². The molecule has 2 N–H and O–H groups in total. The predicted octanol–water partition coefficient (Wildman–Crippen LogP) is 2.74. The lowest BCUT2D eigenvalue weighted by atomic mass is 10.2. The van der Waals surface area contributed by atoms with E-state index in [1.54, 1.807) is 25.1 Å². The highest BCUT2D eigenvalue weighted by atomic mass is 127. The van der Waals surface area contributed by atoms with Gasteiger partial charge < -0.3 is 9.84 Å². The number of carbonyl (C=O) groups excluding carboxylic acids is 1. The summed E-state index contributed by atoms with van der Waals surface area (Å²) in [6.45, 7) is 1.29. The van der Waals surface area contributed by atoms with E-state index in [0.29, 0.717) is 11.1 Å². The summed E-state index contributed by atoms with van der Waals surface area (Å²) in [5, 5.41) is 24.4. The van der Waals surface area contributed by atoms with Crippen LogP contribution in [0.5, 0.6) is 11.5 Å². The number of hydrogen-bond acceptors (Lipinski definition) is 6. The van der Waals surface area contributed by atoms with Gasteiger partial charge in [-0.05, 0) is 59.3 Å². The van der Waals surface area contributed by atoms with Crippen molar-refractivity contribution >= 4 is 40.4 Å². The second-order valence-electron chi connectivity index (χ2n) is 5.01. The molecule has 2 aromatic carbocycles. The van der Waals surface area contributed by atoms with Gasteiger partial charge in [0.1, 0.15) is 5.75 Å². The molecule has 0 bridgehead atoms. The van der Waals surface area contributed by atoms with Crippen molar-refractivity contribution in [2.24, 2.45) is 5.10 Å². The lowest BCUT2D eigenvalue weighted by Gasteiger charge is -2.06. The summed E-state index contributed by atoms with van der Waals surface area (Å²) in [7, 11) is 0. The highest BCUT2D eigenvalue weighted by Crippen LogP contribution is 2.27. The van der Waals surface area contributed by atoms with Crippen molar-refractivity contribution in [3.63, 3.8) is 0 Å². The molecule has 0 aliphatic heterocycles. The van der Waals surface area contributed by atoms with Crippen LogP contribution in [0.3, 0.4) is 0 Å². The Kier molecular flexibility index (Phi) is 6.28. The molecule has 0 fully saturated rings. The summed E-state index contributed by atoms with van der Waals surface area (Å²) in [6, 6.07) is 9.40. The number of halogens is 1. The number of rotatable bonds is 6. The topological polar surface area (TPSA) is 114 Å². The first kappa shape index (κ1) is 18.6. The Bertz CT molecular complexity index is 839. The van der Waals surface area contributed by atoms with E-state index in [1.807, 2.05) is 0 Å². The van der Waals surface area contributed by atoms with Gasteiger partial charge in [-0.1, -0.05) is 6.07 Å². The van der Waals surface area contributed by atoms with Crippen molar-refractivity contribution in [1.29, 1.82) is 0 Å². The van der Waals surface area contributed by atoms with Gasteiger partial charge in [0.2, 0.25) is 0 Å². The summed E-state index contributed by atoms with van der Waals surface area (Å²) in [5.41, 5.74) is 3.18. The molecule has 0 saturated carbocycles. The summed E-state index contributed by atoms with van der Waals surface area (Å²) in [4.78, 5) is 22.1. The van der Waals surface area contributed by atoms with Gasteiger partial charge in [-0.25, -0.2) is 5.43 Å². The Hall–Kier alpha value is -2.69. The van der Waals surface area contributed by atoms with Crippen molar-refractivity contribution in [2.45, 2.75) is 6.92 Å². The highest BCUT2D eigenvalue weighted by molar-refractivity contribution is 14.1. The Balaban J connectivity index is 1.94. The molecular formula is C16H14IN3O5. The summed E-state index contributed by atoms with van der Waals surface area (Å²) in [5.74, 6) is -0.550. The minimum absolute atomic E-state index is 0.00462. The molecular weight excluding hydrogens is 441 g/mol. The molecule has 0 heterocycles. The lowest BCUT2D eigenvalue weighted by molar-refractivity contribution is -0.385. The van der Waals surface area contributed by atoms with Gasteiger partial charge in [0.05, 0.1) is 11.1 Å². The van der Waals surface area contributed by atoms with Crippen LogP contribution in [0, 0.1) is 20.6 Å². The molecule has 0 aromatic heterocycles. The van der Waals surface area contributed by atoms with Crippen LogP contribution >= 0.6 is 22.6 Å². The van der Waals surface area contributed by atoms with E-state index in [1.165, 1.54) is 24.4 Å². The molecule has 130 valence electrons. The maximum atomic E-state index is 11.7. The molecule has 1 amide bonds. The van der Waals surface area contributed by atoms with Gasteiger partial charge in [0.15, 0.2) is 12.4 Å². The monoisotopic (exact) mass is 455 g/mol. The first-order valence-corrected chi connectivity index (χ1v) is 8.13. The normalized spacial score (nSPS) is 10.6. The van der Waals surface area contributed by atoms with Gasteiger partial charge in [-0.2, -0.15) is 5.10 Å². The Morgan fingerprint density at radius 2 is 2.16 bits per heavy atom. The predicted molar refractivity (Wildman–Crippen MR) is 99.9 cm³/mol. The van der Waals surface area contributed by atoms with Crippen molar-refractivity contribution in [3.8, 4) is 11.5 Å². The number of phenolic OH excluding ortho intramolecular Hbond substituents is 1. The Labute approximate surface area is 156 Å². The molecule has 9 heteroatoms. The third-order valence-electron chi connectivity index (χ3n) is 3.05. The smallest absolute Gasteiger partial charge is 0.311 e. The van der Waals surface area contributed by atoms with Crippen LogP contribution < -0.4 is 10.2 Å². The Morgan fingerprint density at radius 3 is 2.88 bits per heavy atom. The number of nitro groups is 1. The third-order valence-corrected chi connectivity index (χ3v) is 3.72. The average molecular weight is 455 g/mol.